The average Bonchev–Trinajstić information content (AvgIpc) is 2.67. The van der Waals surface area contributed by atoms with E-state index in [-0.39, 0.29) is 62.0 Å². The van der Waals surface area contributed by atoms with Crippen LogP contribution in [-0.2, 0) is 14.3 Å². The van der Waals surface area contributed by atoms with E-state index in [1.807, 2.05) is 27.7 Å². The van der Waals surface area contributed by atoms with Crippen LogP contribution in [0.4, 0.5) is 0 Å². The summed E-state index contributed by atoms with van der Waals surface area (Å²) < 4.78 is 4.82. The fourth-order valence-electron chi connectivity index (χ4n) is 3.76. The number of ketones is 1. The van der Waals surface area contributed by atoms with Gasteiger partial charge in [0, 0.05) is 23.6 Å². The monoisotopic (exact) mass is 530 g/mol. The van der Waals surface area contributed by atoms with Gasteiger partial charge < -0.3 is 15.2 Å². The van der Waals surface area contributed by atoms with E-state index in [0.717, 1.165) is 0 Å². The lowest BCUT2D eigenvalue weighted by Gasteiger charge is -2.30. The molecule has 0 fully saturated rings. The molecule has 0 saturated heterocycles. The van der Waals surface area contributed by atoms with E-state index in [1.54, 1.807) is 0 Å². The lowest BCUT2D eigenvalue weighted by molar-refractivity contribution is -0.142. The van der Waals surface area contributed by atoms with Crippen LogP contribution in [0.1, 0.15) is 57.3 Å². The smallest absolute Gasteiger partial charge is 0.330 e. The van der Waals surface area contributed by atoms with Crippen molar-refractivity contribution in [2.45, 2.75) is 53.0 Å². The summed E-state index contributed by atoms with van der Waals surface area (Å²) in [6.45, 7) is 7.51. The summed E-state index contributed by atoms with van der Waals surface area (Å²) in [5, 5.41) is 13.5. The molecular formula is C24H29Cl3N2O5. The Bertz CT molecular complexity index is 1020. The number of Topliss-reactive ketones (excluding diaryl/α,β-unsaturated/α-hetero) is 1. The van der Waals surface area contributed by atoms with Crippen molar-refractivity contribution in [1.29, 1.82) is 0 Å². The molecule has 1 aromatic carbocycles. The first kappa shape index (κ1) is 28.1. The Morgan fingerprint density at radius 2 is 1.76 bits per heavy atom. The Kier molecular flexibility index (Phi) is 9.57. The number of hydrogen-bond donors (Lipinski definition) is 2. The number of carbonyl (C=O) groups is 3. The number of amides is 1. The Hall–Kier alpha value is -2.09. The minimum atomic E-state index is -1.18. The maximum atomic E-state index is 12.8. The van der Waals surface area contributed by atoms with Gasteiger partial charge in [-0.2, -0.15) is 0 Å². The van der Waals surface area contributed by atoms with E-state index in [4.69, 9.17) is 39.5 Å². The van der Waals surface area contributed by atoms with Crippen LogP contribution in [0.25, 0.3) is 0 Å². The molecule has 0 unspecified atom stereocenters. The van der Waals surface area contributed by atoms with E-state index < -0.39 is 17.9 Å². The van der Waals surface area contributed by atoms with Crippen molar-refractivity contribution >= 4 is 58.2 Å². The minimum absolute atomic E-state index is 0.0148. The summed E-state index contributed by atoms with van der Waals surface area (Å²) in [5.74, 6) is -1.54. The molecule has 34 heavy (non-hydrogen) atoms. The molecule has 0 heterocycles. The van der Waals surface area contributed by atoms with Gasteiger partial charge in [0.2, 0.25) is 0 Å². The number of nitrogens with zero attached hydrogens (tertiary/aromatic N) is 1. The van der Waals surface area contributed by atoms with Crippen LogP contribution in [-0.4, -0.2) is 48.2 Å². The number of hydrogen-bond acceptors (Lipinski definition) is 6. The first-order valence-corrected chi connectivity index (χ1v) is 11.9. The van der Waals surface area contributed by atoms with Crippen LogP contribution < -0.4 is 5.32 Å². The Balaban J connectivity index is 2.38. The number of rotatable bonds is 8. The van der Waals surface area contributed by atoms with Crippen molar-refractivity contribution in [2.75, 3.05) is 13.7 Å². The molecule has 2 N–H and O–H groups in total. The topological polar surface area (TPSA) is 105 Å². The van der Waals surface area contributed by atoms with Gasteiger partial charge in [-0.15, -0.1) is 0 Å². The molecule has 1 amide bonds. The normalized spacial score (nSPS) is 17.1. The van der Waals surface area contributed by atoms with Crippen molar-refractivity contribution in [3.05, 3.63) is 44.1 Å². The van der Waals surface area contributed by atoms with Crippen LogP contribution >= 0.6 is 34.8 Å². The highest BCUT2D eigenvalue weighted by Gasteiger charge is 2.35. The molecule has 0 aliphatic heterocycles. The van der Waals surface area contributed by atoms with Gasteiger partial charge in [0.05, 0.1) is 34.8 Å². The van der Waals surface area contributed by atoms with Crippen LogP contribution in [0, 0.1) is 11.3 Å². The van der Waals surface area contributed by atoms with Crippen LogP contribution in [0.5, 0.6) is 0 Å². The summed E-state index contributed by atoms with van der Waals surface area (Å²) in [7, 11) is 1.18. The molecule has 0 radical (unpaired) electrons. The van der Waals surface area contributed by atoms with E-state index >= 15 is 0 Å². The molecule has 1 aliphatic carbocycles. The predicted octanol–water partition coefficient (Wildman–Crippen LogP) is 5.61. The van der Waals surface area contributed by atoms with Crippen molar-refractivity contribution < 1.29 is 24.2 Å². The largest absolute Gasteiger partial charge is 0.511 e. The molecule has 1 atom stereocenters. The summed E-state index contributed by atoms with van der Waals surface area (Å²) in [5.41, 5.74) is 0.177. The van der Waals surface area contributed by atoms with E-state index in [9.17, 15) is 19.5 Å². The zero-order valence-electron chi connectivity index (χ0n) is 19.8. The molecule has 0 spiro atoms. The number of methoxy groups -OCH3 is 1. The van der Waals surface area contributed by atoms with Crippen molar-refractivity contribution in [1.82, 2.24) is 5.32 Å². The van der Waals surface area contributed by atoms with E-state index in [0.29, 0.717) is 18.6 Å². The van der Waals surface area contributed by atoms with E-state index in [2.05, 4.69) is 10.3 Å². The zero-order chi connectivity index (χ0) is 25.8. The van der Waals surface area contributed by atoms with Crippen molar-refractivity contribution in [3.8, 4) is 0 Å². The number of esters is 1. The Morgan fingerprint density at radius 3 is 2.26 bits per heavy atom. The standard InChI is InChI=1S/C24H29Cl3N2O5/c1-12(2)6-16(21-18(30)9-24(3,4)10-19(21)31)28-11-17(23(33)34-5)29-22(32)20-14(26)7-13(25)8-15(20)27/h7-8,12,17,30H,6,9-11H2,1-5H3,(H,29,32)/t17-/m0/s1. The maximum absolute atomic E-state index is 12.8. The minimum Gasteiger partial charge on any atom is -0.511 e. The summed E-state index contributed by atoms with van der Waals surface area (Å²) in [4.78, 5) is 42.6. The van der Waals surface area contributed by atoms with Gasteiger partial charge in [-0.25, -0.2) is 4.79 Å². The second-order valence-electron chi connectivity index (χ2n) is 9.44. The van der Waals surface area contributed by atoms with Gasteiger partial charge in [0.1, 0.15) is 11.8 Å². The summed E-state index contributed by atoms with van der Waals surface area (Å²) >= 11 is 18.1. The number of allylic oxidation sites excluding steroid dienone is 2. The van der Waals surface area contributed by atoms with Crippen molar-refractivity contribution in [3.63, 3.8) is 0 Å². The second-order valence-corrected chi connectivity index (χ2v) is 10.7. The number of ether oxygens (including phenoxy) is 1. The SMILES string of the molecule is COC(=O)[C@H](CN=C(CC(C)C)C1=C(O)CC(C)(C)CC1=O)NC(=O)c1c(Cl)cc(Cl)cc1Cl. The predicted molar refractivity (Wildman–Crippen MR) is 134 cm³/mol. The van der Waals surface area contributed by atoms with Gasteiger partial charge in [-0.1, -0.05) is 62.5 Å². The number of carbonyl (C=O) groups excluding carboxylic acids is 3. The molecule has 1 aromatic rings. The van der Waals surface area contributed by atoms with Gasteiger partial charge in [0.25, 0.3) is 5.91 Å². The lowest BCUT2D eigenvalue weighted by Crippen LogP contribution is -2.44. The third-order valence-corrected chi connectivity index (χ3v) is 6.05. The molecule has 0 saturated carbocycles. The molecule has 1 aliphatic rings. The molecule has 10 heteroatoms. The first-order chi connectivity index (χ1) is 15.8. The van der Waals surface area contributed by atoms with Crippen LogP contribution in [0.3, 0.4) is 0 Å². The second kappa shape index (κ2) is 11.6. The van der Waals surface area contributed by atoms with Crippen LogP contribution in [0.15, 0.2) is 28.5 Å². The number of nitrogens with one attached hydrogen (secondary N) is 1. The van der Waals surface area contributed by atoms with Crippen LogP contribution in [0.2, 0.25) is 15.1 Å². The molecule has 0 aromatic heterocycles. The summed E-state index contributed by atoms with van der Waals surface area (Å²) in [6.07, 6.45) is 1.02. The molecule has 186 valence electrons. The Labute approximate surface area is 214 Å². The first-order valence-electron chi connectivity index (χ1n) is 10.8. The quantitative estimate of drug-likeness (QED) is 0.335. The fraction of sp³-hybridized carbons (Fsp3) is 0.500. The molecular weight excluding hydrogens is 503 g/mol. The van der Waals surface area contributed by atoms with E-state index in [1.165, 1.54) is 19.2 Å². The number of aliphatic hydroxyl groups excluding tert-OH is 1. The molecule has 0 bridgehead atoms. The van der Waals surface area contributed by atoms with Gasteiger partial charge in [-0.3, -0.25) is 14.6 Å². The number of benzene rings is 1. The van der Waals surface area contributed by atoms with Gasteiger partial charge >= 0.3 is 5.97 Å². The highest BCUT2D eigenvalue weighted by atomic mass is 35.5. The molecule has 2 rings (SSSR count). The number of halogens is 3. The molecule has 7 nitrogen and oxygen atoms in total. The number of aliphatic imine (C=N–C) groups is 1. The summed E-state index contributed by atoms with van der Waals surface area (Å²) in [6, 6.07) is 1.54. The van der Waals surface area contributed by atoms with Gasteiger partial charge in [-0.05, 0) is 29.9 Å². The Morgan fingerprint density at radius 1 is 1.18 bits per heavy atom. The highest BCUT2D eigenvalue weighted by molar-refractivity contribution is 6.42. The maximum Gasteiger partial charge on any atom is 0.330 e. The third kappa shape index (κ3) is 7.20. The zero-order valence-corrected chi connectivity index (χ0v) is 22.1. The lowest BCUT2D eigenvalue weighted by atomic mass is 9.75. The highest BCUT2D eigenvalue weighted by Crippen LogP contribution is 2.37. The fourth-order valence-corrected chi connectivity index (χ4v) is 4.75. The third-order valence-electron chi connectivity index (χ3n) is 5.23. The number of aliphatic hydroxyl groups is 1. The average molecular weight is 532 g/mol. The van der Waals surface area contributed by atoms with Crippen molar-refractivity contribution in [2.24, 2.45) is 16.3 Å². The van der Waals surface area contributed by atoms with Gasteiger partial charge in [0.15, 0.2) is 5.78 Å².